The highest BCUT2D eigenvalue weighted by Gasteiger charge is 2.16. The van der Waals surface area contributed by atoms with E-state index in [9.17, 15) is 4.39 Å². The molecule has 6 heteroatoms. The van der Waals surface area contributed by atoms with E-state index in [1.165, 1.54) is 12.1 Å². The molecule has 2 aromatic heterocycles. The molecule has 0 unspecified atom stereocenters. The number of aryl methyl sites for hydroxylation is 1. The van der Waals surface area contributed by atoms with Crippen LogP contribution in [0.4, 0.5) is 4.39 Å². The van der Waals surface area contributed by atoms with Gasteiger partial charge in [-0.15, -0.1) is 0 Å². The largest absolute Gasteiger partial charge is 0.301 e. The van der Waals surface area contributed by atoms with Gasteiger partial charge in [-0.1, -0.05) is 18.7 Å². The molecule has 5 nitrogen and oxygen atoms in total. The van der Waals surface area contributed by atoms with Gasteiger partial charge in [0.1, 0.15) is 5.82 Å². The zero-order valence-electron chi connectivity index (χ0n) is 12.9. The summed E-state index contributed by atoms with van der Waals surface area (Å²) in [4.78, 5) is 0. The molecule has 0 aliphatic heterocycles. The van der Waals surface area contributed by atoms with Gasteiger partial charge in [-0.2, -0.15) is 10.2 Å². The van der Waals surface area contributed by atoms with Crippen molar-refractivity contribution >= 4 is 6.20 Å². The van der Waals surface area contributed by atoms with E-state index in [0.717, 1.165) is 16.8 Å². The van der Waals surface area contributed by atoms with Crippen LogP contribution in [0, 0.1) is 5.82 Å². The molecule has 0 fully saturated rings. The summed E-state index contributed by atoms with van der Waals surface area (Å²) in [6, 6.07) is 8.30. The van der Waals surface area contributed by atoms with Crippen molar-refractivity contribution in [1.82, 2.24) is 24.9 Å². The van der Waals surface area contributed by atoms with Crippen LogP contribution in [-0.4, -0.2) is 19.6 Å². The fourth-order valence-electron chi connectivity index (χ4n) is 2.42. The Labute approximate surface area is 134 Å². The van der Waals surface area contributed by atoms with E-state index in [1.54, 1.807) is 33.9 Å². The average Bonchev–Trinajstić information content (AvgIpc) is 3.18. The molecule has 0 aliphatic rings. The summed E-state index contributed by atoms with van der Waals surface area (Å²) < 4.78 is 16.6. The summed E-state index contributed by atoms with van der Waals surface area (Å²) in [5.41, 5.74) is 2.88. The van der Waals surface area contributed by atoms with Gasteiger partial charge in [0.25, 0.3) is 0 Å². The molecule has 3 aromatic rings. The summed E-state index contributed by atoms with van der Waals surface area (Å²) in [7, 11) is 1.87. The van der Waals surface area contributed by atoms with Gasteiger partial charge >= 0.3 is 0 Å². The van der Waals surface area contributed by atoms with E-state index in [1.807, 2.05) is 25.5 Å². The first-order valence-corrected chi connectivity index (χ1v) is 7.29. The molecular formula is C17H18FN5. The minimum Gasteiger partial charge on any atom is -0.301 e. The lowest BCUT2D eigenvalue weighted by Gasteiger charge is -2.17. The van der Waals surface area contributed by atoms with Crippen molar-refractivity contribution in [2.45, 2.75) is 12.6 Å². The Hall–Kier alpha value is -2.73. The normalized spacial score (nSPS) is 12.3. The van der Waals surface area contributed by atoms with E-state index in [4.69, 9.17) is 0 Å². The molecule has 0 spiro atoms. The first-order valence-electron chi connectivity index (χ1n) is 7.29. The van der Waals surface area contributed by atoms with Crippen LogP contribution in [0.15, 0.2) is 55.5 Å². The summed E-state index contributed by atoms with van der Waals surface area (Å²) in [6.45, 7) is 4.29. The molecule has 0 saturated carbocycles. The molecular weight excluding hydrogens is 293 g/mol. The molecule has 3 rings (SSSR count). The third-order valence-corrected chi connectivity index (χ3v) is 3.59. The van der Waals surface area contributed by atoms with Crippen molar-refractivity contribution < 1.29 is 4.39 Å². The highest BCUT2D eigenvalue weighted by atomic mass is 19.1. The summed E-state index contributed by atoms with van der Waals surface area (Å²) >= 11 is 0. The number of aromatic nitrogens is 4. The van der Waals surface area contributed by atoms with Crippen molar-refractivity contribution in [3.05, 3.63) is 78.1 Å². The van der Waals surface area contributed by atoms with Gasteiger partial charge in [-0.3, -0.25) is 4.68 Å². The Kier molecular flexibility index (Phi) is 4.34. The van der Waals surface area contributed by atoms with Crippen LogP contribution in [0.2, 0.25) is 0 Å². The number of nitrogens with one attached hydrogen (secondary N) is 1. The first kappa shape index (κ1) is 15.2. The van der Waals surface area contributed by atoms with Gasteiger partial charge in [0.2, 0.25) is 0 Å². The van der Waals surface area contributed by atoms with Gasteiger partial charge in [0.05, 0.1) is 17.9 Å². The van der Waals surface area contributed by atoms with E-state index in [-0.39, 0.29) is 11.9 Å². The monoisotopic (exact) mass is 311 g/mol. The van der Waals surface area contributed by atoms with Crippen LogP contribution in [0.25, 0.3) is 6.20 Å². The van der Waals surface area contributed by atoms with Crippen molar-refractivity contribution in [1.29, 1.82) is 0 Å². The number of rotatable bonds is 6. The van der Waals surface area contributed by atoms with E-state index in [2.05, 4.69) is 22.1 Å². The zero-order chi connectivity index (χ0) is 16.2. The van der Waals surface area contributed by atoms with E-state index >= 15 is 0 Å². The maximum atomic E-state index is 13.2. The predicted octanol–water partition coefficient (Wildman–Crippen LogP) is 2.74. The van der Waals surface area contributed by atoms with E-state index < -0.39 is 0 Å². The molecule has 23 heavy (non-hydrogen) atoms. The lowest BCUT2D eigenvalue weighted by molar-refractivity contribution is 0.576. The number of hydrogen-bond donors (Lipinski definition) is 1. The molecule has 0 bridgehead atoms. The molecule has 0 radical (unpaired) electrons. The molecule has 2 heterocycles. The minimum absolute atomic E-state index is 0.121. The third-order valence-electron chi connectivity index (χ3n) is 3.59. The van der Waals surface area contributed by atoms with Gasteiger partial charge in [0.15, 0.2) is 0 Å². The number of nitrogens with zero attached hydrogens (tertiary/aromatic N) is 4. The SMILES string of the molecule is C=Cn1cc(CN[C@@H](c2ccc(F)cc2)c2ccn(C)n2)cn1. The van der Waals surface area contributed by atoms with Crippen LogP contribution < -0.4 is 5.32 Å². The van der Waals surface area contributed by atoms with Crippen LogP contribution in [-0.2, 0) is 13.6 Å². The second kappa shape index (κ2) is 6.58. The Morgan fingerprint density at radius 2 is 2.09 bits per heavy atom. The molecule has 1 aromatic carbocycles. The smallest absolute Gasteiger partial charge is 0.123 e. The molecule has 118 valence electrons. The molecule has 1 N–H and O–H groups in total. The topological polar surface area (TPSA) is 47.7 Å². The summed E-state index contributed by atoms with van der Waals surface area (Å²) in [5, 5.41) is 12.1. The second-order valence-electron chi connectivity index (χ2n) is 5.29. The quantitative estimate of drug-likeness (QED) is 0.761. The van der Waals surface area contributed by atoms with Crippen LogP contribution >= 0.6 is 0 Å². The summed E-state index contributed by atoms with van der Waals surface area (Å²) in [5.74, 6) is -0.249. The molecule has 1 atom stereocenters. The highest BCUT2D eigenvalue weighted by molar-refractivity contribution is 5.28. The molecule has 0 saturated heterocycles. The lowest BCUT2D eigenvalue weighted by atomic mass is 10.0. The maximum Gasteiger partial charge on any atom is 0.123 e. The fraction of sp³-hybridized carbons (Fsp3) is 0.176. The van der Waals surface area contributed by atoms with Gasteiger partial charge < -0.3 is 5.32 Å². The number of hydrogen-bond acceptors (Lipinski definition) is 3. The zero-order valence-corrected chi connectivity index (χ0v) is 12.9. The summed E-state index contributed by atoms with van der Waals surface area (Å²) in [6.07, 6.45) is 7.22. The van der Waals surface area contributed by atoms with Crippen molar-refractivity contribution in [2.24, 2.45) is 7.05 Å². The Balaban J connectivity index is 1.82. The predicted molar refractivity (Wildman–Crippen MR) is 86.9 cm³/mol. The lowest BCUT2D eigenvalue weighted by Crippen LogP contribution is -2.22. The maximum absolute atomic E-state index is 13.2. The van der Waals surface area contributed by atoms with Gasteiger partial charge in [0, 0.05) is 37.7 Å². The van der Waals surface area contributed by atoms with Crippen LogP contribution in [0.3, 0.4) is 0 Å². The highest BCUT2D eigenvalue weighted by Crippen LogP contribution is 2.21. The number of benzene rings is 1. The van der Waals surface area contributed by atoms with Crippen molar-refractivity contribution in [3.63, 3.8) is 0 Å². The number of halogens is 1. The first-order chi connectivity index (χ1) is 11.2. The van der Waals surface area contributed by atoms with E-state index in [0.29, 0.717) is 6.54 Å². The second-order valence-corrected chi connectivity index (χ2v) is 5.29. The standard InChI is InChI=1S/C17H18FN5/c1-3-23-12-13(11-20-23)10-19-17(16-8-9-22(2)21-16)14-4-6-15(18)7-5-14/h3-9,11-12,17,19H,1,10H2,2H3/t17-/m0/s1. The molecule has 0 amide bonds. The Bertz CT molecular complexity index is 787. The minimum atomic E-state index is -0.249. The fourth-order valence-corrected chi connectivity index (χ4v) is 2.42. The van der Waals surface area contributed by atoms with Crippen molar-refractivity contribution in [2.75, 3.05) is 0 Å². The van der Waals surface area contributed by atoms with Crippen LogP contribution in [0.1, 0.15) is 22.9 Å². The third kappa shape index (κ3) is 3.54. The van der Waals surface area contributed by atoms with Gasteiger partial charge in [-0.25, -0.2) is 9.07 Å². The van der Waals surface area contributed by atoms with Gasteiger partial charge in [-0.05, 0) is 23.8 Å². The van der Waals surface area contributed by atoms with Crippen LogP contribution in [0.5, 0.6) is 0 Å². The van der Waals surface area contributed by atoms with Crippen molar-refractivity contribution in [3.8, 4) is 0 Å². The Morgan fingerprint density at radius 1 is 1.30 bits per heavy atom. The molecule has 0 aliphatic carbocycles. The average molecular weight is 311 g/mol. The Morgan fingerprint density at radius 3 is 2.70 bits per heavy atom.